The molecule has 1 N–H and O–H groups in total. The van der Waals surface area contributed by atoms with E-state index >= 15 is 0 Å². The van der Waals surface area contributed by atoms with Gasteiger partial charge < -0.3 is 19.8 Å². The fraction of sp³-hybridized carbons (Fsp3) is 0.636. The molecule has 0 fully saturated rings. The quantitative estimate of drug-likeness (QED) is 0.251. The van der Waals surface area contributed by atoms with Crippen molar-refractivity contribution in [3.8, 4) is 0 Å². The van der Waals surface area contributed by atoms with Crippen LogP contribution in [0, 0.1) is 5.92 Å². The van der Waals surface area contributed by atoms with Crippen LogP contribution in [0.25, 0.3) is 0 Å². The van der Waals surface area contributed by atoms with Gasteiger partial charge in [-0.05, 0) is 12.8 Å². The molecule has 0 spiro atoms. The smallest absolute Gasteiger partial charge is 0.550 e. The van der Waals surface area contributed by atoms with E-state index < -0.39 is 39.1 Å². The van der Waals surface area contributed by atoms with E-state index in [0.717, 1.165) is 6.08 Å². The van der Waals surface area contributed by atoms with Gasteiger partial charge in [0.15, 0.2) is 0 Å². The molecule has 0 aliphatic rings. The molecule has 0 radical (unpaired) electrons. The second-order valence-corrected chi connectivity index (χ2v) is 5.84. The summed E-state index contributed by atoms with van der Waals surface area (Å²) in [7, 11) is -5.22. The van der Waals surface area contributed by atoms with Crippen LogP contribution in [0.4, 0.5) is 0 Å². The van der Waals surface area contributed by atoms with E-state index in [-0.39, 0.29) is 72.0 Å². The molecule has 110 valence electrons. The predicted octanol–water partition coefficient (Wildman–Crippen LogP) is -7.50. The molecule has 0 aromatic carbocycles. The summed E-state index contributed by atoms with van der Waals surface area (Å²) in [4.78, 5) is 22.2. The molecule has 2 unspecified atom stereocenters. The molecule has 0 aromatic heterocycles. The summed E-state index contributed by atoms with van der Waals surface area (Å²) in [6.45, 7) is 4.90. The van der Waals surface area contributed by atoms with Gasteiger partial charge >= 0.3 is 59.1 Å². The number of allylic oxidation sites excluding steroid dienone is 1. The number of aliphatic carboxylic acids is 2. The van der Waals surface area contributed by atoms with Gasteiger partial charge in [-0.25, -0.2) is 0 Å². The molecule has 0 rings (SSSR count). The summed E-state index contributed by atoms with van der Waals surface area (Å²) < 4.78 is 29.0. The molecule has 0 heterocycles. The van der Waals surface area contributed by atoms with Crippen molar-refractivity contribution in [1.82, 2.24) is 0 Å². The first kappa shape index (κ1) is 26.5. The molecule has 0 aliphatic carbocycles. The molecule has 7 nitrogen and oxygen atoms in total. The van der Waals surface area contributed by atoms with E-state index in [4.69, 9.17) is 4.55 Å². The Morgan fingerprint density at radius 2 is 1.81 bits per heavy atom. The fourth-order valence-electron chi connectivity index (χ4n) is 1.92. The Morgan fingerprint density at radius 1 is 1.33 bits per heavy atom. The van der Waals surface area contributed by atoms with Gasteiger partial charge in [-0.15, -0.1) is 6.58 Å². The van der Waals surface area contributed by atoms with Gasteiger partial charge in [0.05, 0.1) is 5.97 Å². The van der Waals surface area contributed by atoms with Crippen LogP contribution < -0.4 is 69.3 Å². The first-order valence-electron chi connectivity index (χ1n) is 5.65. The number of carboxylic acid groups (broad SMARTS) is 2. The zero-order valence-electron chi connectivity index (χ0n) is 12.5. The molecule has 0 saturated carbocycles. The first-order valence-corrected chi connectivity index (χ1v) is 7.09. The summed E-state index contributed by atoms with van der Waals surface area (Å²) in [6.07, 6.45) is 0.648. The summed E-state index contributed by atoms with van der Waals surface area (Å²) in [5.74, 6) is -5.96. The summed E-state index contributed by atoms with van der Waals surface area (Å²) in [5.41, 5.74) is 0. The average Bonchev–Trinajstić information content (AvgIpc) is 2.25. The largest absolute Gasteiger partial charge is 1.00 e. The van der Waals surface area contributed by atoms with Gasteiger partial charge in [-0.1, -0.05) is 25.8 Å². The average molecular weight is 338 g/mol. The van der Waals surface area contributed by atoms with Crippen LogP contribution in [0.3, 0.4) is 0 Å². The van der Waals surface area contributed by atoms with E-state index in [1.807, 2.05) is 0 Å². The Kier molecular flexibility index (Phi) is 14.1. The molecular weight excluding hydrogens is 322 g/mol. The molecule has 21 heavy (non-hydrogen) atoms. The third kappa shape index (κ3) is 6.31. The Balaban J connectivity index is -0.00000162. The van der Waals surface area contributed by atoms with Crippen molar-refractivity contribution in [2.45, 2.75) is 37.4 Å². The SMILES string of the molecule is C=CCC(C(=O)[O-])(C(CCCC)C(=O)[O-])S(=O)(=O)O.[Na+].[Na+]. The summed E-state index contributed by atoms with van der Waals surface area (Å²) in [6, 6.07) is 0. The van der Waals surface area contributed by atoms with Crippen LogP contribution in [0.1, 0.15) is 32.6 Å². The van der Waals surface area contributed by atoms with Crippen molar-refractivity contribution in [2.24, 2.45) is 5.92 Å². The third-order valence-electron chi connectivity index (χ3n) is 2.95. The van der Waals surface area contributed by atoms with E-state index in [9.17, 15) is 28.2 Å². The van der Waals surface area contributed by atoms with Crippen molar-refractivity contribution in [3.63, 3.8) is 0 Å². The van der Waals surface area contributed by atoms with Gasteiger partial charge in [0.2, 0.25) is 0 Å². The molecule has 0 saturated heterocycles. The number of hydrogen-bond donors (Lipinski definition) is 1. The van der Waals surface area contributed by atoms with Crippen LogP contribution in [-0.2, 0) is 19.7 Å². The Hall–Kier alpha value is 0.590. The first-order chi connectivity index (χ1) is 8.65. The maximum Gasteiger partial charge on any atom is 1.00 e. The van der Waals surface area contributed by atoms with Crippen molar-refractivity contribution in [2.75, 3.05) is 0 Å². The zero-order chi connectivity index (χ0) is 15.3. The number of carbonyl (C=O) groups excluding carboxylic acids is 2. The van der Waals surface area contributed by atoms with Crippen LogP contribution >= 0.6 is 0 Å². The van der Waals surface area contributed by atoms with E-state index in [0.29, 0.717) is 6.42 Å². The second kappa shape index (κ2) is 11.2. The van der Waals surface area contributed by atoms with Crippen molar-refractivity contribution in [3.05, 3.63) is 12.7 Å². The van der Waals surface area contributed by atoms with Crippen LogP contribution in [-0.4, -0.2) is 29.7 Å². The van der Waals surface area contributed by atoms with E-state index in [1.165, 1.54) is 0 Å². The minimum absolute atomic E-state index is 0. The molecule has 10 heteroatoms. The van der Waals surface area contributed by atoms with Gasteiger partial charge in [-0.2, -0.15) is 8.42 Å². The Bertz CT molecular complexity index is 463. The Labute approximate surface area is 168 Å². The minimum Gasteiger partial charge on any atom is -0.550 e. The molecule has 0 bridgehead atoms. The van der Waals surface area contributed by atoms with Crippen LogP contribution in [0.2, 0.25) is 0 Å². The maximum atomic E-state index is 11.4. The van der Waals surface area contributed by atoms with Crippen molar-refractivity contribution >= 4 is 22.1 Å². The zero-order valence-corrected chi connectivity index (χ0v) is 17.3. The second-order valence-electron chi connectivity index (χ2n) is 4.16. The Morgan fingerprint density at radius 3 is 2.05 bits per heavy atom. The molecule has 0 aromatic rings. The van der Waals surface area contributed by atoms with Crippen LogP contribution in [0.15, 0.2) is 12.7 Å². The van der Waals surface area contributed by atoms with Gasteiger partial charge in [0.25, 0.3) is 10.1 Å². The molecular formula is C11H16Na2O7S. The number of unbranched alkanes of at least 4 members (excludes halogenated alkanes) is 1. The van der Waals surface area contributed by atoms with Gasteiger partial charge in [0, 0.05) is 11.9 Å². The normalized spacial score (nSPS) is 14.8. The van der Waals surface area contributed by atoms with E-state index in [2.05, 4.69) is 6.58 Å². The number of carboxylic acids is 2. The standard InChI is InChI=1S/C11H18O7S.2Na/c1-3-5-6-8(9(12)13)11(7-4-2,10(14)15)19(16,17)18;;/h4,8H,2-3,5-7H2,1H3,(H,12,13)(H,14,15)(H,16,17,18);;/q;2*+1/p-2. The molecule has 2 atom stereocenters. The maximum absolute atomic E-state index is 11.4. The topological polar surface area (TPSA) is 135 Å². The van der Waals surface area contributed by atoms with Crippen LogP contribution in [0.5, 0.6) is 0 Å². The minimum atomic E-state index is -5.22. The van der Waals surface area contributed by atoms with Gasteiger partial charge in [-0.3, -0.25) is 4.55 Å². The molecule has 0 amide bonds. The van der Waals surface area contributed by atoms with Gasteiger partial charge in [0.1, 0.15) is 4.75 Å². The fourth-order valence-corrected chi connectivity index (χ4v) is 3.04. The predicted molar refractivity (Wildman–Crippen MR) is 62.1 cm³/mol. The van der Waals surface area contributed by atoms with Crippen molar-refractivity contribution in [1.29, 1.82) is 0 Å². The van der Waals surface area contributed by atoms with Crippen molar-refractivity contribution < 1.29 is 91.9 Å². The number of carbonyl (C=O) groups is 2. The molecule has 0 aliphatic heterocycles. The number of rotatable bonds is 9. The monoisotopic (exact) mass is 338 g/mol. The number of hydrogen-bond acceptors (Lipinski definition) is 6. The summed E-state index contributed by atoms with van der Waals surface area (Å²) >= 11 is 0. The van der Waals surface area contributed by atoms with E-state index in [1.54, 1.807) is 6.92 Å². The summed E-state index contributed by atoms with van der Waals surface area (Å²) in [5, 5.41) is 22.2. The third-order valence-corrected chi connectivity index (χ3v) is 4.49.